The van der Waals surface area contributed by atoms with Crippen LogP contribution in [0.3, 0.4) is 0 Å². The molecule has 3 aromatic rings. The lowest BCUT2D eigenvalue weighted by Gasteiger charge is -2.36. The molecule has 31 heavy (non-hydrogen) atoms. The third-order valence-electron chi connectivity index (χ3n) is 6.90. The molecule has 3 rings (SSSR count). The van der Waals surface area contributed by atoms with E-state index in [4.69, 9.17) is 0 Å². The van der Waals surface area contributed by atoms with Gasteiger partial charge in [-0.3, -0.25) is 0 Å². The fourth-order valence-electron chi connectivity index (χ4n) is 5.14. The van der Waals surface area contributed by atoms with Crippen molar-refractivity contribution in [3.63, 3.8) is 0 Å². The van der Waals surface area contributed by atoms with Crippen molar-refractivity contribution in [2.24, 2.45) is 0 Å². The zero-order valence-corrected chi connectivity index (χ0v) is 19.8. The van der Waals surface area contributed by atoms with Crippen molar-refractivity contribution < 1.29 is 4.57 Å². The van der Waals surface area contributed by atoms with Crippen LogP contribution in [0.25, 0.3) is 0 Å². The van der Waals surface area contributed by atoms with Crippen molar-refractivity contribution in [1.29, 1.82) is 0 Å². The molecule has 2 nitrogen and oxygen atoms in total. The van der Waals surface area contributed by atoms with E-state index in [1.807, 2.05) is 0 Å². The Balaban J connectivity index is 1.84. The van der Waals surface area contributed by atoms with Crippen LogP contribution >= 0.6 is 0 Å². The molecule has 1 heterocycles. The van der Waals surface area contributed by atoms with Gasteiger partial charge in [0.15, 0.2) is 0 Å². The molecule has 1 N–H and O–H groups in total. The van der Waals surface area contributed by atoms with Gasteiger partial charge in [0, 0.05) is 5.41 Å². The first kappa shape index (κ1) is 23.3. The van der Waals surface area contributed by atoms with Crippen LogP contribution < -0.4 is 4.57 Å². The third kappa shape index (κ3) is 6.09. The molecule has 0 aliphatic carbocycles. The van der Waals surface area contributed by atoms with Crippen LogP contribution in [0.2, 0.25) is 0 Å². The first-order valence-electron chi connectivity index (χ1n) is 12.3. The number of nitrogens with zero attached hydrogens (tertiary/aromatic N) is 1. The summed E-state index contributed by atoms with van der Waals surface area (Å²) in [5.74, 6) is 1.79. The molecule has 2 atom stereocenters. The summed E-state index contributed by atoms with van der Waals surface area (Å²) in [6.45, 7) is 8.19. The topological polar surface area (TPSA) is 19.7 Å². The number of imidazole rings is 1. The van der Waals surface area contributed by atoms with E-state index in [1.54, 1.807) is 0 Å². The molecule has 0 amide bonds. The smallest absolute Gasteiger partial charge is 0.247 e. The second-order valence-corrected chi connectivity index (χ2v) is 9.21. The second-order valence-electron chi connectivity index (χ2n) is 9.21. The number of aryl methyl sites for hydroxylation is 1. The van der Waals surface area contributed by atoms with Crippen LogP contribution in [0, 0.1) is 0 Å². The third-order valence-corrected chi connectivity index (χ3v) is 6.90. The Morgan fingerprint density at radius 1 is 0.839 bits per heavy atom. The van der Waals surface area contributed by atoms with Gasteiger partial charge in [-0.05, 0) is 36.8 Å². The summed E-state index contributed by atoms with van der Waals surface area (Å²) in [6, 6.07) is 22.1. The molecule has 0 saturated carbocycles. The first-order chi connectivity index (χ1) is 15.2. The standard InChI is InChI=1S/C29H40N2/c1-4-6-7-8-9-16-22-31-23-21-30-28(31)27(5-2)29(3,26-19-14-11-15-20-26)24-25-17-12-10-13-18-25/h10-15,17-21,23,27H,4-9,16,22,24H2,1-3H3/p+1. The minimum Gasteiger partial charge on any atom is -0.247 e. The van der Waals surface area contributed by atoms with Gasteiger partial charge < -0.3 is 0 Å². The van der Waals surface area contributed by atoms with E-state index < -0.39 is 0 Å². The van der Waals surface area contributed by atoms with Crippen molar-refractivity contribution in [2.45, 2.75) is 90.0 Å². The van der Waals surface area contributed by atoms with Gasteiger partial charge in [-0.1, -0.05) is 107 Å². The molecule has 0 saturated heterocycles. The van der Waals surface area contributed by atoms with Crippen molar-refractivity contribution >= 4 is 0 Å². The van der Waals surface area contributed by atoms with E-state index in [2.05, 4.69) is 103 Å². The highest BCUT2D eigenvalue weighted by molar-refractivity contribution is 5.32. The number of hydrogen-bond acceptors (Lipinski definition) is 0. The van der Waals surface area contributed by atoms with E-state index in [1.165, 1.54) is 55.5 Å². The summed E-state index contributed by atoms with van der Waals surface area (Å²) in [6.07, 6.45) is 14.5. The molecule has 1 aromatic heterocycles. The van der Waals surface area contributed by atoms with Crippen LogP contribution in [0.4, 0.5) is 0 Å². The number of rotatable bonds is 13. The Morgan fingerprint density at radius 2 is 1.48 bits per heavy atom. The quantitative estimate of drug-likeness (QED) is 0.221. The van der Waals surface area contributed by atoms with E-state index >= 15 is 0 Å². The summed E-state index contributed by atoms with van der Waals surface area (Å²) < 4.78 is 2.49. The van der Waals surface area contributed by atoms with E-state index in [0.717, 1.165) is 19.4 Å². The molecule has 2 unspecified atom stereocenters. The fourth-order valence-corrected chi connectivity index (χ4v) is 5.14. The Bertz CT molecular complexity index is 868. The number of nitrogens with one attached hydrogen (secondary N) is 1. The minimum atomic E-state index is 0.0189. The van der Waals surface area contributed by atoms with E-state index in [-0.39, 0.29) is 5.41 Å². The van der Waals surface area contributed by atoms with Gasteiger partial charge in [0.2, 0.25) is 0 Å². The maximum Gasteiger partial charge on any atom is 0.258 e. The van der Waals surface area contributed by atoms with Crippen molar-refractivity contribution in [3.05, 3.63) is 90.0 Å². The Labute approximate surface area is 189 Å². The largest absolute Gasteiger partial charge is 0.258 e. The maximum absolute atomic E-state index is 3.64. The van der Waals surface area contributed by atoms with Crippen LogP contribution in [0.5, 0.6) is 0 Å². The number of H-pyrrole nitrogens is 1. The minimum absolute atomic E-state index is 0.0189. The molecule has 2 aromatic carbocycles. The van der Waals surface area contributed by atoms with Gasteiger partial charge in [0.05, 0.1) is 12.5 Å². The monoisotopic (exact) mass is 417 g/mol. The molecular formula is C29H41N2+. The highest BCUT2D eigenvalue weighted by atomic mass is 15.1. The maximum atomic E-state index is 3.64. The van der Waals surface area contributed by atoms with Gasteiger partial charge in [0.25, 0.3) is 5.82 Å². The molecule has 0 aliphatic heterocycles. The predicted octanol–water partition coefficient (Wildman–Crippen LogP) is 7.36. The molecule has 166 valence electrons. The van der Waals surface area contributed by atoms with Crippen molar-refractivity contribution in [2.75, 3.05) is 0 Å². The molecule has 0 aliphatic rings. The van der Waals surface area contributed by atoms with Gasteiger partial charge in [-0.15, -0.1) is 0 Å². The lowest BCUT2D eigenvalue weighted by atomic mass is 9.66. The van der Waals surface area contributed by atoms with E-state index in [0.29, 0.717) is 5.92 Å². The summed E-state index contributed by atoms with van der Waals surface area (Å²) in [5.41, 5.74) is 2.85. The van der Waals surface area contributed by atoms with E-state index in [9.17, 15) is 0 Å². The Kier molecular flexibility index (Phi) is 8.94. The van der Waals surface area contributed by atoms with Crippen LogP contribution in [0.15, 0.2) is 73.1 Å². The summed E-state index contributed by atoms with van der Waals surface area (Å²) in [7, 11) is 0. The van der Waals surface area contributed by atoms with Crippen LogP contribution in [-0.2, 0) is 18.4 Å². The van der Waals surface area contributed by atoms with Gasteiger partial charge in [0.1, 0.15) is 12.4 Å². The molecule has 0 bridgehead atoms. The highest BCUT2D eigenvalue weighted by Gasteiger charge is 2.41. The molecular weight excluding hydrogens is 376 g/mol. The number of hydrogen-bond donors (Lipinski definition) is 1. The predicted molar refractivity (Wildman–Crippen MR) is 131 cm³/mol. The lowest BCUT2D eigenvalue weighted by molar-refractivity contribution is -0.705. The first-order valence-corrected chi connectivity index (χ1v) is 12.3. The van der Waals surface area contributed by atoms with Gasteiger partial charge >= 0.3 is 0 Å². The van der Waals surface area contributed by atoms with Crippen molar-refractivity contribution in [3.8, 4) is 0 Å². The van der Waals surface area contributed by atoms with Crippen LogP contribution in [0.1, 0.15) is 88.6 Å². The average Bonchev–Trinajstić information content (AvgIpc) is 3.26. The number of aromatic amines is 1. The van der Waals surface area contributed by atoms with Gasteiger partial charge in [-0.2, -0.15) is 0 Å². The Hall–Kier alpha value is -2.35. The summed E-state index contributed by atoms with van der Waals surface area (Å²) in [4.78, 5) is 3.64. The SMILES string of the molecule is CCCCCCCC[n+]1cc[nH]c1C(CC)C(C)(Cc1ccccc1)c1ccccc1. The summed E-state index contributed by atoms with van der Waals surface area (Å²) in [5, 5.41) is 0. The second kappa shape index (κ2) is 11.9. The number of unbranched alkanes of at least 4 members (excludes halogenated alkanes) is 5. The lowest BCUT2D eigenvalue weighted by Crippen LogP contribution is -2.43. The fraction of sp³-hybridized carbons (Fsp3) is 0.483. The van der Waals surface area contributed by atoms with Crippen molar-refractivity contribution in [1.82, 2.24) is 4.98 Å². The number of benzene rings is 2. The number of aromatic nitrogens is 2. The zero-order chi connectivity index (χ0) is 21.9. The van der Waals surface area contributed by atoms with Crippen LogP contribution in [-0.4, -0.2) is 4.98 Å². The average molecular weight is 418 g/mol. The zero-order valence-electron chi connectivity index (χ0n) is 19.8. The Morgan fingerprint density at radius 3 is 2.16 bits per heavy atom. The highest BCUT2D eigenvalue weighted by Crippen LogP contribution is 2.42. The molecule has 2 heteroatoms. The molecule has 0 fully saturated rings. The molecule has 0 radical (unpaired) electrons. The summed E-state index contributed by atoms with van der Waals surface area (Å²) >= 11 is 0. The normalized spacial score (nSPS) is 14.3. The molecule has 0 spiro atoms. The van der Waals surface area contributed by atoms with Gasteiger partial charge in [-0.25, -0.2) is 9.55 Å².